The van der Waals surface area contributed by atoms with Gasteiger partial charge in [0.2, 0.25) is 22.2 Å². The maximum atomic E-state index is 15.5. The van der Waals surface area contributed by atoms with Crippen LogP contribution >= 0.6 is 22.9 Å². The summed E-state index contributed by atoms with van der Waals surface area (Å²) in [4.78, 5) is 38.1. The van der Waals surface area contributed by atoms with Crippen LogP contribution in [0.4, 0.5) is 10.1 Å². The van der Waals surface area contributed by atoms with Crippen molar-refractivity contribution in [1.29, 1.82) is 0 Å². The van der Waals surface area contributed by atoms with Gasteiger partial charge in [0.15, 0.2) is 0 Å². The second-order valence-corrected chi connectivity index (χ2v) is 14.7. The Kier molecular flexibility index (Phi) is 8.50. The van der Waals surface area contributed by atoms with Crippen LogP contribution < -0.4 is 15.8 Å². The van der Waals surface area contributed by atoms with Crippen molar-refractivity contribution in [3.63, 3.8) is 0 Å². The number of sulfonamides is 2. The molecule has 2 atom stereocenters. The number of anilines is 1. The second kappa shape index (κ2) is 11.9. The van der Waals surface area contributed by atoms with E-state index in [1.807, 2.05) is 0 Å². The van der Waals surface area contributed by atoms with Crippen LogP contribution in [0, 0.1) is 5.82 Å². The Morgan fingerprint density at radius 1 is 1.11 bits per heavy atom. The largest absolute Gasteiger partial charge is 0.438 e. The number of carbonyl (C=O) groups is 3. The van der Waals surface area contributed by atoms with Crippen LogP contribution in [-0.4, -0.2) is 58.2 Å². The van der Waals surface area contributed by atoms with Gasteiger partial charge in [-0.1, -0.05) is 41.9 Å². The molecule has 0 saturated carbocycles. The molecule has 1 aliphatic heterocycles. The van der Waals surface area contributed by atoms with Crippen LogP contribution in [0.3, 0.4) is 0 Å². The molecule has 1 fully saturated rings. The molecule has 0 spiro atoms. The van der Waals surface area contributed by atoms with Crippen molar-refractivity contribution < 1.29 is 40.3 Å². The lowest BCUT2D eigenvalue weighted by atomic mass is 10.0. The van der Waals surface area contributed by atoms with Crippen LogP contribution in [0.15, 0.2) is 75.8 Å². The summed E-state index contributed by atoms with van der Waals surface area (Å²) in [6, 6.07) is 13.7. The second-order valence-electron chi connectivity index (χ2n) is 9.57. The Hall–Kier alpha value is -3.93. The maximum Gasteiger partial charge on any atom is 0.295 e. The predicted molar refractivity (Wildman–Crippen MR) is 160 cm³/mol. The summed E-state index contributed by atoms with van der Waals surface area (Å²) in [6.07, 6.45) is -2.42. The van der Waals surface area contributed by atoms with Crippen molar-refractivity contribution in [3.05, 3.63) is 77.6 Å². The lowest BCUT2D eigenvalue weighted by Crippen LogP contribution is -2.56. The molecule has 0 radical (unpaired) electrons. The van der Waals surface area contributed by atoms with E-state index in [0.29, 0.717) is 19.4 Å². The van der Waals surface area contributed by atoms with Crippen molar-refractivity contribution in [2.45, 2.75) is 27.8 Å². The fraction of sp³-hybridized carbons (Fsp3) is 0.148. The molecule has 3 aromatic carbocycles. The number of rotatable bonds is 10. The lowest BCUT2D eigenvalue weighted by Gasteiger charge is -2.30. The number of amides is 2. The van der Waals surface area contributed by atoms with Crippen molar-refractivity contribution in [2.24, 2.45) is 10.9 Å². The first-order chi connectivity index (χ1) is 20.7. The quantitative estimate of drug-likeness (QED) is 0.189. The van der Waals surface area contributed by atoms with Gasteiger partial charge < -0.3 is 15.4 Å². The zero-order chi connectivity index (χ0) is 32.0. The number of hydrogen-bond acceptors (Lipinski definition) is 9. The van der Waals surface area contributed by atoms with Gasteiger partial charge in [0.25, 0.3) is 22.4 Å². The zero-order valence-electron chi connectivity index (χ0n) is 22.3. The number of halogens is 2. The van der Waals surface area contributed by atoms with E-state index in [0.717, 1.165) is 22.3 Å². The molecule has 2 heterocycles. The molecule has 1 aliphatic rings. The SMILES string of the molecule is NC(=O)C(OC=O)N([C@H]1CCN(c2ccc(-c3ccccc3S(N)(=O)=O)cc2F)C1=O)S(=O)(=O)c1cc2ccc(Cl)cc2s1. The Labute approximate surface area is 259 Å². The van der Waals surface area contributed by atoms with Gasteiger partial charge >= 0.3 is 0 Å². The molecule has 5 rings (SSSR count). The third-order valence-electron chi connectivity index (χ3n) is 6.88. The molecule has 0 aliphatic carbocycles. The Bertz CT molecular complexity index is 2040. The van der Waals surface area contributed by atoms with Crippen LogP contribution in [0.1, 0.15) is 6.42 Å². The number of primary sulfonamides is 1. The average Bonchev–Trinajstić information content (AvgIpc) is 3.56. The van der Waals surface area contributed by atoms with Gasteiger partial charge in [0.05, 0.1) is 10.6 Å². The number of benzene rings is 3. The third kappa shape index (κ3) is 5.79. The molecule has 4 N–H and O–H groups in total. The van der Waals surface area contributed by atoms with E-state index in [2.05, 4.69) is 0 Å². The fourth-order valence-corrected chi connectivity index (χ4v) is 9.16. The number of ether oxygens (including phenoxy) is 1. The molecule has 0 bridgehead atoms. The minimum absolute atomic E-state index is 0.128. The van der Waals surface area contributed by atoms with E-state index in [4.69, 9.17) is 27.2 Å². The van der Waals surface area contributed by atoms with Crippen LogP contribution in [0.2, 0.25) is 5.02 Å². The number of thiophene rings is 1. The summed E-state index contributed by atoms with van der Waals surface area (Å²) >= 11 is 6.84. The van der Waals surface area contributed by atoms with Crippen molar-refractivity contribution in [1.82, 2.24) is 4.31 Å². The molecule has 2 amide bonds. The van der Waals surface area contributed by atoms with Gasteiger partial charge in [-0.25, -0.2) is 26.4 Å². The smallest absolute Gasteiger partial charge is 0.295 e. The van der Waals surface area contributed by atoms with Gasteiger partial charge in [-0.2, -0.15) is 0 Å². The van der Waals surface area contributed by atoms with Crippen molar-refractivity contribution in [2.75, 3.05) is 11.4 Å². The summed E-state index contributed by atoms with van der Waals surface area (Å²) in [5.74, 6) is -3.21. The first kappa shape index (κ1) is 31.5. The third-order valence-corrected chi connectivity index (χ3v) is 11.5. The summed E-state index contributed by atoms with van der Waals surface area (Å²) in [5, 5.41) is 6.16. The van der Waals surface area contributed by atoms with E-state index < -0.39 is 49.9 Å². The highest BCUT2D eigenvalue weighted by atomic mass is 35.5. The Morgan fingerprint density at radius 3 is 2.50 bits per heavy atom. The average molecular weight is 681 g/mol. The standard InChI is InChI=1S/C27H22ClFN4O8S3/c28-17-7-5-16-12-24(42-22(16)13-17)44(39,40)33(27(25(30)35)41-14-34)21-9-10-32(26(21)36)20-8-6-15(11-19(20)29)18-3-1-2-4-23(18)43(31,37)38/h1-8,11-14,21,27H,9-10H2,(H2,30,35)(H2,31,37,38)/t21-,27?/m0/s1. The molecule has 1 saturated heterocycles. The first-order valence-corrected chi connectivity index (χ1v) is 16.8. The minimum Gasteiger partial charge on any atom is -0.438 e. The van der Waals surface area contributed by atoms with Crippen molar-refractivity contribution in [3.8, 4) is 11.1 Å². The number of nitrogens with two attached hydrogens (primary N) is 2. The van der Waals surface area contributed by atoms with Gasteiger partial charge in [-0.05, 0) is 53.8 Å². The number of hydrogen-bond donors (Lipinski definition) is 2. The van der Waals surface area contributed by atoms with Crippen molar-refractivity contribution >= 4 is 77.0 Å². The van der Waals surface area contributed by atoms with Crippen LogP contribution in [0.25, 0.3) is 21.2 Å². The molecule has 1 aromatic heterocycles. The molecule has 44 heavy (non-hydrogen) atoms. The predicted octanol–water partition coefficient (Wildman–Crippen LogP) is 2.79. The van der Waals surface area contributed by atoms with Gasteiger partial charge in [0, 0.05) is 21.8 Å². The first-order valence-electron chi connectivity index (χ1n) is 12.6. The number of primary amides is 1. The van der Waals surface area contributed by atoms with Gasteiger partial charge in [-0.15, -0.1) is 15.6 Å². The van der Waals surface area contributed by atoms with E-state index in [-0.39, 0.29) is 45.4 Å². The van der Waals surface area contributed by atoms with E-state index in [9.17, 15) is 31.2 Å². The number of nitrogens with zero attached hydrogens (tertiary/aromatic N) is 2. The van der Waals surface area contributed by atoms with E-state index >= 15 is 4.39 Å². The normalized spacial score (nSPS) is 16.4. The molecular formula is C27H22ClFN4O8S3. The zero-order valence-corrected chi connectivity index (χ0v) is 25.5. The summed E-state index contributed by atoms with van der Waals surface area (Å²) < 4.78 is 72.9. The van der Waals surface area contributed by atoms with E-state index in [1.54, 1.807) is 18.2 Å². The molecule has 4 aromatic rings. The Balaban J connectivity index is 1.53. The number of fused-ring (bicyclic) bond motifs is 1. The molecule has 17 heteroatoms. The van der Waals surface area contributed by atoms with Gasteiger partial charge in [0.1, 0.15) is 16.1 Å². The van der Waals surface area contributed by atoms with Gasteiger partial charge in [-0.3, -0.25) is 14.4 Å². The lowest BCUT2D eigenvalue weighted by molar-refractivity contribution is -0.153. The minimum atomic E-state index is -4.72. The van der Waals surface area contributed by atoms with Crippen LogP contribution in [-0.2, 0) is 39.2 Å². The summed E-state index contributed by atoms with van der Waals surface area (Å²) in [6.45, 7) is -0.355. The Morgan fingerprint density at radius 2 is 1.84 bits per heavy atom. The van der Waals surface area contributed by atoms with E-state index in [1.165, 1.54) is 42.5 Å². The highest BCUT2D eigenvalue weighted by molar-refractivity contribution is 7.91. The fourth-order valence-electron chi connectivity index (χ4n) is 4.96. The monoisotopic (exact) mass is 680 g/mol. The molecular weight excluding hydrogens is 659 g/mol. The van der Waals surface area contributed by atoms with Crippen LogP contribution in [0.5, 0.6) is 0 Å². The highest BCUT2D eigenvalue weighted by Crippen LogP contribution is 2.37. The maximum absolute atomic E-state index is 15.5. The summed E-state index contributed by atoms with van der Waals surface area (Å²) in [5.41, 5.74) is 5.45. The number of carbonyl (C=O) groups excluding carboxylic acids is 3. The summed E-state index contributed by atoms with van der Waals surface area (Å²) in [7, 11) is -8.86. The molecule has 230 valence electrons. The topological polar surface area (TPSA) is 187 Å². The molecule has 1 unspecified atom stereocenters. The molecule has 12 nitrogen and oxygen atoms in total. The highest BCUT2D eigenvalue weighted by Gasteiger charge is 2.49.